The van der Waals surface area contributed by atoms with Gasteiger partial charge >= 0.3 is 85.1 Å². The maximum Gasteiger partial charge on any atom is 0.426 e. The molecule has 0 radical (unpaired) electrons. The summed E-state index contributed by atoms with van der Waals surface area (Å²) < 4.78 is 85.6. The number of carbonyl (C=O) groups excluding carboxylic acids is 20. The average molecular weight is 1790 g/mol. The maximum atomic E-state index is 15.2. The summed E-state index contributed by atoms with van der Waals surface area (Å²) in [7, 11) is 0. The Morgan fingerprint density at radius 2 is 0.376 bits per heavy atom. The molecular weight excluding hydrogens is 1660 g/mol. The van der Waals surface area contributed by atoms with Crippen molar-refractivity contribution in [2.45, 2.75) is 360 Å². The largest absolute Gasteiger partial charge is 0.460 e. The Balaban J connectivity index is 0. The maximum absolute atomic E-state index is 15.2. The fourth-order valence-electron chi connectivity index (χ4n) is 8.67. The Labute approximate surface area is 730 Å². The van der Waals surface area contributed by atoms with Gasteiger partial charge in [-0.15, -0.1) is 29.4 Å². The van der Waals surface area contributed by atoms with Crippen molar-refractivity contribution < 1.29 is 172 Å². The highest BCUT2D eigenvalue weighted by Crippen LogP contribution is 2.35. The lowest BCUT2D eigenvalue weighted by Crippen LogP contribution is -2.61. The van der Waals surface area contributed by atoms with Gasteiger partial charge in [-0.2, -0.15) is 0 Å². The Morgan fingerprint density at radius 3 is 0.512 bits per heavy atom. The van der Waals surface area contributed by atoms with Gasteiger partial charge in [-0.25, -0.2) is 67.1 Å². The number of esters is 2. The van der Waals surface area contributed by atoms with Gasteiger partial charge in [0.25, 0.3) is 11.8 Å². The minimum atomic E-state index is -3.36. The van der Waals surface area contributed by atoms with Crippen molar-refractivity contribution in [3.63, 3.8) is 0 Å². The first-order valence-corrected chi connectivity index (χ1v) is 39.1. The van der Waals surface area contributed by atoms with Gasteiger partial charge in [0.1, 0.15) is 80.4 Å². The van der Waals surface area contributed by atoms with Crippen LogP contribution in [0.5, 0.6) is 0 Å². The van der Waals surface area contributed by atoms with Crippen LogP contribution in [0.15, 0.2) is 24.8 Å². The molecule has 0 heterocycles. The number of nitrogens with zero attached hydrogens (tertiary/aromatic N) is 6. The predicted octanol–water partition coefficient (Wildman–Crippen LogP) is 15.1. The van der Waals surface area contributed by atoms with E-state index in [1.165, 1.54) is 256 Å². The van der Waals surface area contributed by atoms with Gasteiger partial charge in [-0.05, 0) is 256 Å². The topological polar surface area (TPSA) is 509 Å². The summed E-state index contributed by atoms with van der Waals surface area (Å²) in [6, 6.07) is 0. The molecule has 0 aliphatic rings. The molecule has 0 saturated carbocycles. The number of carbonyl (C=O) groups is 20. The van der Waals surface area contributed by atoms with Crippen LogP contribution in [-0.4, -0.2) is 255 Å². The van der Waals surface area contributed by atoms with Crippen molar-refractivity contribution in [1.29, 1.82) is 0 Å². The van der Waals surface area contributed by atoms with E-state index in [1.54, 1.807) is 0 Å². The minimum Gasteiger partial charge on any atom is -0.460 e. The minimum absolute atomic E-state index is 0.0838. The Kier molecular flexibility index (Phi) is 40.9. The Hall–Kier alpha value is -11.2. The number of imide groups is 18. The van der Waals surface area contributed by atoms with Crippen LogP contribution in [0, 0.1) is 0 Å². The van der Waals surface area contributed by atoms with E-state index in [1.807, 2.05) is 0 Å². The highest BCUT2D eigenvalue weighted by atomic mass is 16.7. The molecule has 42 nitrogen and oxygen atoms in total. The van der Waals surface area contributed by atoms with Crippen molar-refractivity contribution in [3.8, 4) is 0 Å². The first-order chi connectivity index (χ1) is 55.4. The zero-order valence-corrected chi connectivity index (χ0v) is 79.5. The Bertz CT molecular complexity index is 3700. The molecule has 0 unspecified atom stereocenters. The first-order valence-electron chi connectivity index (χ1n) is 39.1. The van der Waals surface area contributed by atoms with E-state index in [9.17, 15) is 86.3 Å². The van der Waals surface area contributed by atoms with Gasteiger partial charge in [0.15, 0.2) is 11.2 Å². The zero-order valence-electron chi connectivity index (χ0n) is 79.5. The summed E-state index contributed by atoms with van der Waals surface area (Å²) in [4.78, 5) is 277. The monoisotopic (exact) mass is 1790 g/mol. The van der Waals surface area contributed by atoms with Crippen molar-refractivity contribution in [2.75, 3.05) is 26.4 Å². The van der Waals surface area contributed by atoms with Crippen LogP contribution in [0.25, 0.3) is 0 Å². The zero-order chi connectivity index (χ0) is 99.3. The second-order valence-corrected chi connectivity index (χ2v) is 39.6. The van der Waals surface area contributed by atoms with Gasteiger partial charge in [0, 0.05) is 11.6 Å². The molecule has 125 heavy (non-hydrogen) atoms. The lowest BCUT2D eigenvalue weighted by molar-refractivity contribution is -0.170. The third kappa shape index (κ3) is 45.3. The van der Waals surface area contributed by atoms with E-state index in [4.69, 9.17) is 75.8 Å². The van der Waals surface area contributed by atoms with Gasteiger partial charge in [-0.3, -0.25) is 28.8 Å². The molecule has 0 aliphatic carbocycles. The molecule has 0 aromatic carbocycles. The second-order valence-electron chi connectivity index (χ2n) is 39.6. The quantitative estimate of drug-likeness (QED) is 0.0473. The molecule has 0 saturated heterocycles. The van der Waals surface area contributed by atoms with E-state index < -0.39 is 251 Å². The van der Waals surface area contributed by atoms with E-state index in [-0.39, 0.29) is 35.0 Å². The van der Waals surface area contributed by atoms with Crippen LogP contribution in [-0.2, 0) is 114 Å². The fourth-order valence-corrected chi connectivity index (χ4v) is 8.67. The average Bonchev–Trinajstić information content (AvgIpc) is 0.771. The third-order valence-corrected chi connectivity index (χ3v) is 12.8. The van der Waals surface area contributed by atoms with Gasteiger partial charge in [0.05, 0.1) is 38.9 Å². The van der Waals surface area contributed by atoms with Gasteiger partial charge < -0.3 is 75.8 Å². The van der Waals surface area contributed by atoms with E-state index in [0.29, 0.717) is 0 Å². The summed E-state index contributed by atoms with van der Waals surface area (Å²) in [5, 5.41) is 0. The molecule has 710 valence electrons. The molecular formula is C83H132N6O36. The highest BCUT2D eigenvalue weighted by molar-refractivity contribution is 6.17. The van der Waals surface area contributed by atoms with Crippen LogP contribution in [0.4, 0.5) is 57.5 Å². The van der Waals surface area contributed by atoms with Gasteiger partial charge in [-0.1, -0.05) is 13.2 Å². The molecule has 18 amide bonds. The molecule has 42 heteroatoms. The van der Waals surface area contributed by atoms with Crippen molar-refractivity contribution >= 4 is 121 Å². The molecule has 0 aliphatic heterocycles. The first kappa shape index (κ1) is 116. The van der Waals surface area contributed by atoms with Crippen molar-refractivity contribution in [1.82, 2.24) is 29.4 Å². The van der Waals surface area contributed by atoms with E-state index in [2.05, 4.69) is 13.2 Å². The molecule has 0 atom stereocenters. The highest BCUT2D eigenvalue weighted by Gasteiger charge is 2.58. The standard InChI is InChI=1S/C42H67N3O18.C41H65N3O18/c1-25(2)28(48)56-21-22-57-42(29(49)45(34(54)62-40(15,16)17)35(55)63-41(18,19)20,23-26(46)43(30(50)58-36(3,4)5)31(51)59-37(6,7)8)24-27(47)44(32(52)60-38(9,10)11)33(53)61-39(12,13)14;1-20-27(47)55-21-22-56-41(28(48)44(33(53)61-39(14,15)16)34(54)62-40(17,18)19,23-25(45)42(29(49)57-35(2,3)4)30(50)58-36(5,6)7)24-26(46)43(31(51)59-37(8,9)10)32(52)60-38(11,12)13/h1,21-24H2,2-20H3;20H,1,21-24H2,2-19H3. The number of rotatable bonds is 20. The van der Waals surface area contributed by atoms with E-state index in [0.717, 1.165) is 6.08 Å². The smallest absolute Gasteiger partial charge is 0.426 e. The second kappa shape index (κ2) is 44.1. The normalized spacial score (nSPS) is 12.4. The van der Waals surface area contributed by atoms with E-state index >= 15 is 9.59 Å². The molecule has 0 fully saturated rings. The molecule has 0 bridgehead atoms. The van der Waals surface area contributed by atoms with Crippen LogP contribution in [0.3, 0.4) is 0 Å². The molecule has 0 spiro atoms. The molecule has 0 aromatic heterocycles. The van der Waals surface area contributed by atoms with Crippen molar-refractivity contribution in [2.24, 2.45) is 0 Å². The number of hydrogen-bond acceptors (Lipinski definition) is 36. The number of hydrogen-bond donors (Lipinski definition) is 0. The lowest BCUT2D eigenvalue weighted by atomic mass is 9.91. The fraction of sp³-hybridized carbons (Fsp3) is 0.711. The summed E-state index contributed by atoms with van der Waals surface area (Å²) in [5.41, 5.74) is -23.4. The number of amides is 18. The summed E-state index contributed by atoms with van der Waals surface area (Å²) >= 11 is 0. The predicted molar refractivity (Wildman–Crippen MR) is 439 cm³/mol. The van der Waals surface area contributed by atoms with Crippen molar-refractivity contribution in [3.05, 3.63) is 24.8 Å². The van der Waals surface area contributed by atoms with Crippen LogP contribution in [0.1, 0.15) is 282 Å². The van der Waals surface area contributed by atoms with Gasteiger partial charge in [0.2, 0.25) is 23.6 Å². The van der Waals surface area contributed by atoms with Crippen LogP contribution >= 0.6 is 0 Å². The summed E-state index contributed by atoms with van der Waals surface area (Å²) in [5.74, 6) is -12.7. The van der Waals surface area contributed by atoms with Crippen LogP contribution in [0.2, 0.25) is 0 Å². The summed E-state index contributed by atoms with van der Waals surface area (Å²) in [6.07, 6.45) is -26.0. The molecule has 0 N–H and O–H groups in total. The molecule has 0 rings (SSSR count). The molecule has 0 aromatic rings. The lowest BCUT2D eigenvalue weighted by Gasteiger charge is -2.37. The Morgan fingerprint density at radius 1 is 0.232 bits per heavy atom. The SMILES string of the molecule is C=C(C)C(=O)OCCOC(CC(=O)N(C(=O)OC(C)(C)C)C(=O)OC(C)(C)C)(CC(=O)N(C(=O)OC(C)(C)C)C(=O)OC(C)(C)C)C(=O)N(C(=O)OC(C)(C)C)C(=O)OC(C)(C)C.C=CC(=O)OCCOC(CC(=O)N(C(=O)OC(C)(C)C)C(=O)OC(C)(C)C)(CC(=O)N(C(=O)OC(C)(C)C)C(=O)OC(C)(C)C)C(=O)N(C(=O)OC(C)(C)C)C(=O)OC(C)(C)C. The summed E-state index contributed by atoms with van der Waals surface area (Å²) in [6.45, 7) is 54.4. The third-order valence-electron chi connectivity index (χ3n) is 12.8. The number of ether oxygens (including phenoxy) is 16. The van der Waals surface area contributed by atoms with Crippen LogP contribution < -0.4 is 0 Å².